The maximum absolute atomic E-state index is 11.4. The number of hydrogen-bond acceptors (Lipinski definition) is 4. The Balaban J connectivity index is 3.22. The molecule has 1 aromatic carbocycles. The first kappa shape index (κ1) is 17.9. The van der Waals surface area contributed by atoms with Crippen LogP contribution in [0.15, 0.2) is 18.2 Å². The maximum Gasteiger partial charge on any atom is 0.292 e. The fourth-order valence-electron chi connectivity index (χ4n) is 2.45. The van der Waals surface area contributed by atoms with E-state index < -0.39 is 10.8 Å². The van der Waals surface area contributed by atoms with Gasteiger partial charge in [0.15, 0.2) is 0 Å². The van der Waals surface area contributed by atoms with Crippen LogP contribution in [0, 0.1) is 22.0 Å². The Bertz CT molecular complexity index is 531. The van der Waals surface area contributed by atoms with Crippen molar-refractivity contribution >= 4 is 17.3 Å². The number of carbonyl (C=O) groups excluding carboxylic acids is 1. The molecule has 0 bridgehead atoms. The predicted molar refractivity (Wildman–Crippen MR) is 87.9 cm³/mol. The van der Waals surface area contributed by atoms with Crippen LogP contribution < -0.4 is 10.6 Å². The Hall–Kier alpha value is -2.11. The lowest BCUT2D eigenvalue weighted by Gasteiger charge is -2.28. The molecule has 0 aromatic heterocycles. The molecular formula is C16H25N3O3. The van der Waals surface area contributed by atoms with E-state index in [0.717, 1.165) is 13.1 Å². The summed E-state index contributed by atoms with van der Waals surface area (Å²) in [5.74, 6) is 0.288. The number of primary amides is 1. The molecule has 2 N–H and O–H groups in total. The molecule has 0 saturated heterocycles. The highest BCUT2D eigenvalue weighted by atomic mass is 16.6. The van der Waals surface area contributed by atoms with Gasteiger partial charge < -0.3 is 10.6 Å². The summed E-state index contributed by atoms with van der Waals surface area (Å²) in [6, 6.07) is 4.91. The Morgan fingerprint density at radius 1 is 1.23 bits per heavy atom. The van der Waals surface area contributed by atoms with Crippen LogP contribution in [-0.4, -0.2) is 23.9 Å². The highest BCUT2D eigenvalue weighted by molar-refractivity contribution is 5.77. The third kappa shape index (κ3) is 5.35. The zero-order chi connectivity index (χ0) is 16.9. The van der Waals surface area contributed by atoms with E-state index in [1.165, 1.54) is 6.07 Å². The number of nitrogens with two attached hydrogens (primary N) is 1. The first-order chi connectivity index (χ1) is 10.2. The number of benzene rings is 1. The van der Waals surface area contributed by atoms with Gasteiger partial charge >= 0.3 is 0 Å². The van der Waals surface area contributed by atoms with Gasteiger partial charge in [0.05, 0.1) is 11.3 Å². The zero-order valence-corrected chi connectivity index (χ0v) is 13.7. The number of anilines is 1. The molecule has 0 spiro atoms. The summed E-state index contributed by atoms with van der Waals surface area (Å²) in [7, 11) is 0. The van der Waals surface area contributed by atoms with Gasteiger partial charge in [-0.05, 0) is 23.5 Å². The van der Waals surface area contributed by atoms with E-state index in [0.29, 0.717) is 23.1 Å². The SMILES string of the molecule is CC(C)CN(CC(C)C)c1ccc(CC(N)=O)cc1[N+](=O)[O-]. The fraction of sp³-hybridized carbons (Fsp3) is 0.562. The van der Waals surface area contributed by atoms with Crippen LogP contribution in [0.3, 0.4) is 0 Å². The minimum absolute atomic E-state index is 0.00941. The van der Waals surface area contributed by atoms with Crippen LogP contribution in [0.4, 0.5) is 11.4 Å². The monoisotopic (exact) mass is 307 g/mol. The molecule has 0 saturated carbocycles. The average molecular weight is 307 g/mol. The predicted octanol–water partition coefficient (Wildman–Crippen LogP) is 2.74. The van der Waals surface area contributed by atoms with Gasteiger partial charge in [-0.1, -0.05) is 33.8 Å². The van der Waals surface area contributed by atoms with Gasteiger partial charge in [0.2, 0.25) is 5.91 Å². The first-order valence-corrected chi connectivity index (χ1v) is 7.51. The largest absolute Gasteiger partial charge is 0.369 e. The average Bonchev–Trinajstić information content (AvgIpc) is 2.35. The third-order valence-electron chi connectivity index (χ3n) is 3.13. The Morgan fingerprint density at radius 2 is 1.77 bits per heavy atom. The molecule has 1 aromatic rings. The van der Waals surface area contributed by atoms with E-state index in [1.807, 2.05) is 4.90 Å². The van der Waals surface area contributed by atoms with Crippen LogP contribution in [0.25, 0.3) is 0 Å². The van der Waals surface area contributed by atoms with Crippen molar-refractivity contribution in [3.05, 3.63) is 33.9 Å². The lowest BCUT2D eigenvalue weighted by atomic mass is 10.1. The summed E-state index contributed by atoms with van der Waals surface area (Å²) in [5.41, 5.74) is 6.35. The van der Waals surface area contributed by atoms with Crippen molar-refractivity contribution < 1.29 is 9.72 Å². The molecule has 6 nitrogen and oxygen atoms in total. The molecular weight excluding hydrogens is 282 g/mol. The number of nitrogens with zero attached hydrogens (tertiary/aromatic N) is 2. The highest BCUT2D eigenvalue weighted by Crippen LogP contribution is 2.30. The van der Waals surface area contributed by atoms with Gasteiger partial charge in [-0.25, -0.2) is 0 Å². The van der Waals surface area contributed by atoms with E-state index in [9.17, 15) is 14.9 Å². The summed E-state index contributed by atoms with van der Waals surface area (Å²) < 4.78 is 0. The van der Waals surface area contributed by atoms with Gasteiger partial charge in [0.1, 0.15) is 5.69 Å². The first-order valence-electron chi connectivity index (χ1n) is 7.51. The van der Waals surface area contributed by atoms with Gasteiger partial charge in [0, 0.05) is 19.2 Å². The van der Waals surface area contributed by atoms with Crippen LogP contribution in [-0.2, 0) is 11.2 Å². The van der Waals surface area contributed by atoms with Crippen LogP contribution in [0.1, 0.15) is 33.3 Å². The number of amides is 1. The third-order valence-corrected chi connectivity index (χ3v) is 3.13. The maximum atomic E-state index is 11.4. The van der Waals surface area contributed by atoms with Crippen molar-refractivity contribution in [1.82, 2.24) is 0 Å². The van der Waals surface area contributed by atoms with Crippen molar-refractivity contribution in [2.45, 2.75) is 34.1 Å². The molecule has 0 aliphatic carbocycles. The van der Waals surface area contributed by atoms with Crippen molar-refractivity contribution in [1.29, 1.82) is 0 Å². The second kappa shape index (κ2) is 7.77. The van der Waals surface area contributed by atoms with Gasteiger partial charge in [-0.2, -0.15) is 0 Å². The van der Waals surface area contributed by atoms with E-state index in [1.54, 1.807) is 12.1 Å². The molecule has 1 rings (SSSR count). The number of hydrogen-bond donors (Lipinski definition) is 1. The Morgan fingerprint density at radius 3 is 2.18 bits per heavy atom. The summed E-state index contributed by atoms with van der Waals surface area (Å²) in [6.07, 6.45) is 0.00941. The van der Waals surface area contributed by atoms with Gasteiger partial charge in [-0.3, -0.25) is 14.9 Å². The second-order valence-corrected chi connectivity index (χ2v) is 6.42. The van der Waals surface area contributed by atoms with Crippen LogP contribution in [0.5, 0.6) is 0 Å². The van der Waals surface area contributed by atoms with Crippen molar-refractivity contribution in [3.8, 4) is 0 Å². The molecule has 0 aliphatic rings. The van der Waals surface area contributed by atoms with Crippen LogP contribution >= 0.6 is 0 Å². The molecule has 0 atom stereocenters. The lowest BCUT2D eigenvalue weighted by Crippen LogP contribution is -2.31. The molecule has 0 heterocycles. The minimum atomic E-state index is -0.497. The summed E-state index contributed by atoms with van der Waals surface area (Å²) in [6.45, 7) is 9.82. The topological polar surface area (TPSA) is 89.5 Å². The summed E-state index contributed by atoms with van der Waals surface area (Å²) in [4.78, 5) is 24.0. The van der Waals surface area contributed by atoms with Crippen molar-refractivity contribution in [3.63, 3.8) is 0 Å². The smallest absolute Gasteiger partial charge is 0.292 e. The van der Waals surface area contributed by atoms with E-state index in [4.69, 9.17) is 5.73 Å². The number of nitro benzene ring substituents is 1. The number of nitro groups is 1. The standard InChI is InChI=1S/C16H25N3O3/c1-11(2)9-18(10-12(3)4)14-6-5-13(8-16(17)20)7-15(14)19(21)22/h5-7,11-12H,8-10H2,1-4H3,(H2,17,20). The molecule has 22 heavy (non-hydrogen) atoms. The quantitative estimate of drug-likeness (QED) is 0.590. The Labute approximate surface area is 131 Å². The summed E-state index contributed by atoms with van der Waals surface area (Å²) >= 11 is 0. The van der Waals surface area contributed by atoms with Gasteiger partial charge in [-0.15, -0.1) is 0 Å². The fourth-order valence-corrected chi connectivity index (χ4v) is 2.45. The molecule has 1 amide bonds. The van der Waals surface area contributed by atoms with Crippen LogP contribution in [0.2, 0.25) is 0 Å². The minimum Gasteiger partial charge on any atom is -0.369 e. The van der Waals surface area contributed by atoms with Crippen molar-refractivity contribution in [2.24, 2.45) is 17.6 Å². The highest BCUT2D eigenvalue weighted by Gasteiger charge is 2.21. The molecule has 122 valence electrons. The Kier molecular flexibility index (Phi) is 6.34. The molecule has 6 heteroatoms. The molecule has 0 unspecified atom stereocenters. The molecule has 0 fully saturated rings. The normalized spacial score (nSPS) is 11.0. The second-order valence-electron chi connectivity index (χ2n) is 6.42. The zero-order valence-electron chi connectivity index (χ0n) is 13.7. The van der Waals surface area contributed by atoms with E-state index in [-0.39, 0.29) is 12.1 Å². The van der Waals surface area contributed by atoms with Crippen molar-refractivity contribution in [2.75, 3.05) is 18.0 Å². The number of carbonyl (C=O) groups is 1. The lowest BCUT2D eigenvalue weighted by molar-refractivity contribution is -0.384. The van der Waals surface area contributed by atoms with E-state index in [2.05, 4.69) is 27.7 Å². The summed E-state index contributed by atoms with van der Waals surface area (Å²) in [5, 5.41) is 11.4. The molecule has 0 radical (unpaired) electrons. The molecule has 0 aliphatic heterocycles. The van der Waals surface area contributed by atoms with E-state index >= 15 is 0 Å². The number of rotatable bonds is 8. The van der Waals surface area contributed by atoms with Gasteiger partial charge in [0.25, 0.3) is 5.69 Å².